The first-order chi connectivity index (χ1) is 8.61. The lowest BCUT2D eigenvalue weighted by Crippen LogP contribution is -2.01. The monoisotopic (exact) mass is 245 g/mol. The highest BCUT2D eigenvalue weighted by molar-refractivity contribution is 5.59. The standard InChI is InChI=1S/C13H9F2N3/c1-8-5-6-10(14)13(12(8)15)18-11-4-2-3-9(7-16)17-11/h2-6H,1H3,(H,17,18). The van der Waals surface area contributed by atoms with Gasteiger partial charge in [-0.25, -0.2) is 13.8 Å². The Labute approximate surface area is 103 Å². The molecule has 18 heavy (non-hydrogen) atoms. The third-order valence-corrected chi connectivity index (χ3v) is 2.40. The summed E-state index contributed by atoms with van der Waals surface area (Å²) in [5, 5.41) is 11.2. The van der Waals surface area contributed by atoms with Crippen molar-refractivity contribution in [3.63, 3.8) is 0 Å². The first-order valence-corrected chi connectivity index (χ1v) is 5.20. The summed E-state index contributed by atoms with van der Waals surface area (Å²) >= 11 is 0. The van der Waals surface area contributed by atoms with Gasteiger partial charge in [0.2, 0.25) is 0 Å². The van der Waals surface area contributed by atoms with E-state index in [9.17, 15) is 8.78 Å². The van der Waals surface area contributed by atoms with Crippen molar-refractivity contribution >= 4 is 11.5 Å². The van der Waals surface area contributed by atoms with E-state index in [1.807, 2.05) is 6.07 Å². The minimum absolute atomic E-state index is 0.175. The predicted molar refractivity (Wildman–Crippen MR) is 63.3 cm³/mol. The molecule has 0 aliphatic heterocycles. The highest BCUT2D eigenvalue weighted by Gasteiger charge is 2.12. The Hall–Kier alpha value is -2.48. The van der Waals surface area contributed by atoms with E-state index < -0.39 is 11.6 Å². The Morgan fingerprint density at radius 2 is 2.00 bits per heavy atom. The summed E-state index contributed by atoms with van der Waals surface area (Å²) in [6, 6.07) is 9.01. The van der Waals surface area contributed by atoms with Crippen molar-refractivity contribution in [2.45, 2.75) is 6.92 Å². The quantitative estimate of drug-likeness (QED) is 0.883. The van der Waals surface area contributed by atoms with Gasteiger partial charge in [0.15, 0.2) is 5.82 Å². The van der Waals surface area contributed by atoms with Crippen molar-refractivity contribution in [3.05, 3.63) is 53.2 Å². The number of hydrogen-bond acceptors (Lipinski definition) is 3. The van der Waals surface area contributed by atoms with E-state index in [0.29, 0.717) is 5.56 Å². The first-order valence-electron chi connectivity index (χ1n) is 5.20. The molecule has 0 spiro atoms. The first kappa shape index (κ1) is 12.0. The molecule has 90 valence electrons. The van der Waals surface area contributed by atoms with E-state index in [-0.39, 0.29) is 17.2 Å². The number of anilines is 2. The predicted octanol–water partition coefficient (Wildman–Crippen LogP) is 3.28. The SMILES string of the molecule is Cc1ccc(F)c(Nc2cccc(C#N)n2)c1F. The molecule has 1 aromatic heterocycles. The Morgan fingerprint density at radius 3 is 2.72 bits per heavy atom. The van der Waals surface area contributed by atoms with Crippen molar-refractivity contribution < 1.29 is 8.78 Å². The Bertz CT molecular complexity index is 633. The number of halogens is 2. The zero-order valence-electron chi connectivity index (χ0n) is 9.54. The van der Waals surface area contributed by atoms with Gasteiger partial charge < -0.3 is 5.32 Å². The summed E-state index contributed by atoms with van der Waals surface area (Å²) < 4.78 is 27.2. The largest absolute Gasteiger partial charge is 0.335 e. The van der Waals surface area contributed by atoms with Gasteiger partial charge in [-0.3, -0.25) is 0 Å². The molecule has 0 saturated heterocycles. The fourth-order valence-corrected chi connectivity index (χ4v) is 1.47. The molecule has 0 atom stereocenters. The van der Waals surface area contributed by atoms with Gasteiger partial charge in [0.05, 0.1) is 0 Å². The lowest BCUT2D eigenvalue weighted by Gasteiger charge is -2.09. The molecular formula is C13H9F2N3. The number of aryl methyl sites for hydroxylation is 1. The number of hydrogen-bond donors (Lipinski definition) is 1. The summed E-state index contributed by atoms with van der Waals surface area (Å²) in [6.45, 7) is 1.54. The van der Waals surface area contributed by atoms with Gasteiger partial charge >= 0.3 is 0 Å². The molecule has 5 heteroatoms. The van der Waals surface area contributed by atoms with E-state index in [0.717, 1.165) is 0 Å². The minimum Gasteiger partial charge on any atom is -0.335 e. The van der Waals surface area contributed by atoms with E-state index >= 15 is 0 Å². The fourth-order valence-electron chi connectivity index (χ4n) is 1.47. The van der Waals surface area contributed by atoms with Gasteiger partial charge in [-0.2, -0.15) is 5.26 Å². The van der Waals surface area contributed by atoms with Crippen LogP contribution >= 0.6 is 0 Å². The van der Waals surface area contributed by atoms with Crippen LogP contribution in [0.1, 0.15) is 11.3 Å². The van der Waals surface area contributed by atoms with Crippen LogP contribution in [-0.4, -0.2) is 4.98 Å². The minimum atomic E-state index is -0.706. The third kappa shape index (κ3) is 2.28. The maximum atomic E-state index is 13.7. The van der Waals surface area contributed by atoms with Crippen molar-refractivity contribution in [1.82, 2.24) is 4.98 Å². The molecular weight excluding hydrogens is 236 g/mol. The lowest BCUT2D eigenvalue weighted by molar-refractivity contribution is 0.584. The number of rotatable bonds is 2. The highest BCUT2D eigenvalue weighted by atomic mass is 19.1. The normalized spacial score (nSPS) is 9.89. The van der Waals surface area contributed by atoms with Crippen LogP contribution in [0.2, 0.25) is 0 Å². The van der Waals surface area contributed by atoms with Crippen molar-refractivity contribution in [2.75, 3.05) is 5.32 Å². The summed E-state index contributed by atoms with van der Waals surface area (Å²) in [5.74, 6) is -1.15. The van der Waals surface area contributed by atoms with Crippen LogP contribution in [0.3, 0.4) is 0 Å². The van der Waals surface area contributed by atoms with E-state index in [2.05, 4.69) is 10.3 Å². The molecule has 0 radical (unpaired) electrons. The van der Waals surface area contributed by atoms with Gasteiger partial charge in [0.25, 0.3) is 0 Å². The van der Waals surface area contributed by atoms with Crippen molar-refractivity contribution in [1.29, 1.82) is 5.26 Å². The van der Waals surface area contributed by atoms with Crippen LogP contribution in [-0.2, 0) is 0 Å². The maximum Gasteiger partial charge on any atom is 0.152 e. The van der Waals surface area contributed by atoms with Crippen LogP contribution < -0.4 is 5.32 Å². The topological polar surface area (TPSA) is 48.7 Å². The summed E-state index contributed by atoms with van der Waals surface area (Å²) in [5.41, 5.74) is 0.237. The molecule has 2 rings (SSSR count). The number of benzene rings is 1. The molecule has 0 amide bonds. The van der Waals surface area contributed by atoms with Crippen molar-refractivity contribution in [2.24, 2.45) is 0 Å². The van der Waals surface area contributed by atoms with E-state index in [4.69, 9.17) is 5.26 Å². The molecule has 0 aliphatic carbocycles. The average molecular weight is 245 g/mol. The fraction of sp³-hybridized carbons (Fsp3) is 0.0769. The van der Waals surface area contributed by atoms with Crippen molar-refractivity contribution in [3.8, 4) is 6.07 Å². The molecule has 1 aromatic carbocycles. The highest BCUT2D eigenvalue weighted by Crippen LogP contribution is 2.24. The van der Waals surface area contributed by atoms with E-state index in [1.165, 1.54) is 24.3 Å². The van der Waals surface area contributed by atoms with Crippen LogP contribution in [0, 0.1) is 29.9 Å². The molecule has 0 fully saturated rings. The second kappa shape index (κ2) is 4.80. The molecule has 0 unspecified atom stereocenters. The summed E-state index contributed by atoms with van der Waals surface area (Å²) in [6.07, 6.45) is 0. The van der Waals surface area contributed by atoms with Crippen LogP contribution in [0.5, 0.6) is 0 Å². The molecule has 1 N–H and O–H groups in total. The molecule has 1 heterocycles. The zero-order chi connectivity index (χ0) is 13.1. The van der Waals surface area contributed by atoms with Crippen LogP contribution in [0.15, 0.2) is 30.3 Å². The smallest absolute Gasteiger partial charge is 0.152 e. The van der Waals surface area contributed by atoms with Gasteiger partial charge in [0, 0.05) is 0 Å². The second-order valence-corrected chi connectivity index (χ2v) is 3.70. The Kier molecular flexibility index (Phi) is 3.20. The van der Waals surface area contributed by atoms with Gasteiger partial charge in [-0.1, -0.05) is 12.1 Å². The number of nitrogens with zero attached hydrogens (tertiary/aromatic N) is 2. The second-order valence-electron chi connectivity index (χ2n) is 3.70. The number of nitriles is 1. The zero-order valence-corrected chi connectivity index (χ0v) is 9.54. The van der Waals surface area contributed by atoms with E-state index in [1.54, 1.807) is 13.0 Å². The van der Waals surface area contributed by atoms with Crippen LogP contribution in [0.4, 0.5) is 20.3 Å². The Balaban J connectivity index is 2.40. The number of aromatic nitrogens is 1. The number of pyridine rings is 1. The molecule has 0 aliphatic rings. The van der Waals surface area contributed by atoms with Gasteiger partial charge in [0.1, 0.15) is 29.1 Å². The maximum absolute atomic E-state index is 13.7. The number of nitrogens with one attached hydrogen (secondary N) is 1. The molecule has 0 bridgehead atoms. The lowest BCUT2D eigenvalue weighted by atomic mass is 10.2. The summed E-state index contributed by atoms with van der Waals surface area (Å²) in [4.78, 5) is 3.89. The Morgan fingerprint density at radius 1 is 1.22 bits per heavy atom. The molecule has 2 aromatic rings. The third-order valence-electron chi connectivity index (χ3n) is 2.40. The van der Waals surface area contributed by atoms with Crippen LogP contribution in [0.25, 0.3) is 0 Å². The van der Waals surface area contributed by atoms with Gasteiger partial charge in [-0.15, -0.1) is 0 Å². The average Bonchev–Trinajstić information content (AvgIpc) is 2.39. The molecule has 0 saturated carbocycles. The molecule has 3 nitrogen and oxygen atoms in total. The van der Waals surface area contributed by atoms with Gasteiger partial charge in [-0.05, 0) is 30.7 Å². The summed E-state index contributed by atoms with van der Waals surface area (Å²) in [7, 11) is 0.